The van der Waals surface area contributed by atoms with Crippen molar-refractivity contribution in [2.75, 3.05) is 19.8 Å². The third-order valence-electron chi connectivity index (χ3n) is 4.82. The van der Waals surface area contributed by atoms with Gasteiger partial charge in [-0.1, -0.05) is 41.4 Å². The fourth-order valence-electron chi connectivity index (χ4n) is 3.11. The molecular weight excluding hydrogens is 338 g/mol. The second kappa shape index (κ2) is 7.87. The Morgan fingerprint density at radius 3 is 2.60 bits per heavy atom. The number of nitrogens with one attached hydrogen (secondary N) is 1. The van der Waals surface area contributed by atoms with E-state index in [0.717, 1.165) is 11.3 Å². The summed E-state index contributed by atoms with van der Waals surface area (Å²) in [4.78, 5) is 0. The van der Waals surface area contributed by atoms with Crippen molar-refractivity contribution < 1.29 is 9.84 Å². The summed E-state index contributed by atoms with van der Waals surface area (Å²) in [6, 6.07) is 8.38. The zero-order valence-electron chi connectivity index (χ0n) is 14.9. The molecule has 0 spiro atoms. The van der Waals surface area contributed by atoms with Crippen LogP contribution in [-0.4, -0.2) is 40.2 Å². The molecule has 0 bridgehead atoms. The SMILES string of the molecule is Cc1ccc(Cn2nc(C)c(CNCC3(O)CCOCC3)c2Cl)cc1. The number of rotatable bonds is 6. The van der Waals surface area contributed by atoms with E-state index in [4.69, 9.17) is 16.3 Å². The fourth-order valence-corrected chi connectivity index (χ4v) is 3.41. The molecule has 25 heavy (non-hydrogen) atoms. The number of hydrogen-bond acceptors (Lipinski definition) is 4. The number of benzene rings is 1. The Hall–Kier alpha value is -1.40. The maximum Gasteiger partial charge on any atom is 0.132 e. The van der Waals surface area contributed by atoms with Crippen molar-refractivity contribution in [2.45, 2.75) is 45.4 Å². The van der Waals surface area contributed by atoms with Crippen LogP contribution in [0.25, 0.3) is 0 Å². The highest BCUT2D eigenvalue weighted by atomic mass is 35.5. The van der Waals surface area contributed by atoms with E-state index in [2.05, 4.69) is 41.6 Å². The first-order valence-electron chi connectivity index (χ1n) is 8.75. The Balaban J connectivity index is 1.62. The third-order valence-corrected chi connectivity index (χ3v) is 5.24. The highest BCUT2D eigenvalue weighted by molar-refractivity contribution is 6.30. The molecular formula is C19H26ClN3O2. The van der Waals surface area contributed by atoms with Gasteiger partial charge in [0.15, 0.2) is 0 Å². The number of aliphatic hydroxyl groups is 1. The summed E-state index contributed by atoms with van der Waals surface area (Å²) in [5.41, 5.74) is 3.64. The Kier molecular flexibility index (Phi) is 5.79. The predicted molar refractivity (Wildman–Crippen MR) is 99.0 cm³/mol. The monoisotopic (exact) mass is 363 g/mol. The molecule has 0 atom stereocenters. The van der Waals surface area contributed by atoms with Crippen LogP contribution in [0.4, 0.5) is 0 Å². The molecule has 2 heterocycles. The van der Waals surface area contributed by atoms with Crippen molar-refractivity contribution in [3.63, 3.8) is 0 Å². The van der Waals surface area contributed by atoms with Gasteiger partial charge >= 0.3 is 0 Å². The lowest BCUT2D eigenvalue weighted by Crippen LogP contribution is -2.44. The maximum atomic E-state index is 10.5. The average molecular weight is 364 g/mol. The Bertz CT molecular complexity index is 706. The Morgan fingerprint density at radius 2 is 1.92 bits per heavy atom. The topological polar surface area (TPSA) is 59.3 Å². The molecule has 0 saturated carbocycles. The van der Waals surface area contributed by atoms with Gasteiger partial charge in [-0.15, -0.1) is 0 Å². The second-order valence-corrected chi connectivity index (χ2v) is 7.30. The zero-order valence-corrected chi connectivity index (χ0v) is 15.6. The quantitative estimate of drug-likeness (QED) is 0.828. The van der Waals surface area contributed by atoms with Gasteiger partial charge < -0.3 is 15.2 Å². The number of ether oxygens (including phenoxy) is 1. The van der Waals surface area contributed by atoms with Crippen LogP contribution in [-0.2, 0) is 17.8 Å². The summed E-state index contributed by atoms with van der Waals surface area (Å²) in [5.74, 6) is 0. The minimum Gasteiger partial charge on any atom is -0.388 e. The summed E-state index contributed by atoms with van der Waals surface area (Å²) in [5, 5.41) is 19.1. The van der Waals surface area contributed by atoms with Crippen LogP contribution >= 0.6 is 11.6 Å². The number of nitrogens with zero attached hydrogens (tertiary/aromatic N) is 2. The number of hydrogen-bond donors (Lipinski definition) is 2. The molecule has 1 aliphatic rings. The van der Waals surface area contributed by atoms with Crippen LogP contribution in [0.1, 0.15) is 35.2 Å². The lowest BCUT2D eigenvalue weighted by molar-refractivity contribution is -0.0617. The molecule has 5 nitrogen and oxygen atoms in total. The van der Waals surface area contributed by atoms with E-state index in [9.17, 15) is 5.11 Å². The first-order valence-corrected chi connectivity index (χ1v) is 9.13. The van der Waals surface area contributed by atoms with Gasteiger partial charge in [0.05, 0.1) is 17.8 Å². The zero-order chi connectivity index (χ0) is 17.9. The van der Waals surface area contributed by atoms with Crippen molar-refractivity contribution in [3.8, 4) is 0 Å². The number of halogens is 1. The van der Waals surface area contributed by atoms with Gasteiger partial charge in [0.1, 0.15) is 5.15 Å². The van der Waals surface area contributed by atoms with Crippen molar-refractivity contribution in [3.05, 3.63) is 51.8 Å². The molecule has 0 aliphatic carbocycles. The molecule has 1 saturated heterocycles. The molecule has 1 aromatic heterocycles. The summed E-state index contributed by atoms with van der Waals surface area (Å²) in [6.45, 7) is 7.07. The minimum absolute atomic E-state index is 0.537. The predicted octanol–water partition coefficient (Wildman–Crippen LogP) is 2.83. The smallest absolute Gasteiger partial charge is 0.132 e. The van der Waals surface area contributed by atoms with E-state index >= 15 is 0 Å². The van der Waals surface area contributed by atoms with Gasteiger partial charge in [-0.2, -0.15) is 5.10 Å². The molecule has 2 aromatic rings. The third kappa shape index (κ3) is 4.61. The molecule has 1 aliphatic heterocycles. The lowest BCUT2D eigenvalue weighted by Gasteiger charge is -2.32. The minimum atomic E-state index is -0.684. The highest BCUT2D eigenvalue weighted by Crippen LogP contribution is 2.23. The van der Waals surface area contributed by atoms with Gasteiger partial charge in [0, 0.05) is 44.7 Å². The van der Waals surface area contributed by atoms with Crippen molar-refractivity contribution in [2.24, 2.45) is 0 Å². The van der Waals surface area contributed by atoms with Crippen LogP contribution in [0.3, 0.4) is 0 Å². The molecule has 136 valence electrons. The van der Waals surface area contributed by atoms with Gasteiger partial charge in [0.25, 0.3) is 0 Å². The maximum absolute atomic E-state index is 10.5. The molecule has 0 unspecified atom stereocenters. The first kappa shape index (κ1) is 18.4. The Labute approximate surface area is 154 Å². The summed E-state index contributed by atoms with van der Waals surface area (Å²) >= 11 is 6.54. The van der Waals surface area contributed by atoms with Crippen LogP contribution in [0.15, 0.2) is 24.3 Å². The van der Waals surface area contributed by atoms with Crippen LogP contribution in [0.5, 0.6) is 0 Å². The van der Waals surface area contributed by atoms with E-state index in [1.54, 1.807) is 0 Å². The molecule has 1 aromatic carbocycles. The highest BCUT2D eigenvalue weighted by Gasteiger charge is 2.29. The summed E-state index contributed by atoms with van der Waals surface area (Å²) in [6.07, 6.45) is 1.33. The molecule has 2 N–H and O–H groups in total. The number of aryl methyl sites for hydroxylation is 2. The van der Waals surface area contributed by atoms with E-state index in [0.29, 0.717) is 50.8 Å². The Morgan fingerprint density at radius 1 is 1.24 bits per heavy atom. The first-order chi connectivity index (χ1) is 12.0. The van der Waals surface area contributed by atoms with Crippen LogP contribution in [0.2, 0.25) is 5.15 Å². The summed E-state index contributed by atoms with van der Waals surface area (Å²) < 4.78 is 7.15. The standard InChI is InChI=1S/C19H26ClN3O2/c1-14-3-5-16(6-4-14)12-23-18(20)17(15(2)22-23)11-21-13-19(24)7-9-25-10-8-19/h3-6,21,24H,7-13H2,1-2H3. The summed E-state index contributed by atoms with van der Waals surface area (Å²) in [7, 11) is 0. The number of aromatic nitrogens is 2. The second-order valence-electron chi connectivity index (χ2n) is 6.94. The largest absolute Gasteiger partial charge is 0.388 e. The van der Waals surface area contributed by atoms with Crippen LogP contribution < -0.4 is 5.32 Å². The van der Waals surface area contributed by atoms with E-state index < -0.39 is 5.60 Å². The molecule has 3 rings (SSSR count). The van der Waals surface area contributed by atoms with E-state index in [1.165, 1.54) is 11.1 Å². The average Bonchev–Trinajstić information content (AvgIpc) is 2.85. The van der Waals surface area contributed by atoms with Gasteiger partial charge in [-0.05, 0) is 19.4 Å². The van der Waals surface area contributed by atoms with E-state index in [1.807, 2.05) is 11.6 Å². The normalized spacial score (nSPS) is 17.0. The molecule has 0 amide bonds. The molecule has 1 fully saturated rings. The van der Waals surface area contributed by atoms with E-state index in [-0.39, 0.29) is 0 Å². The van der Waals surface area contributed by atoms with Gasteiger partial charge in [0.2, 0.25) is 0 Å². The van der Waals surface area contributed by atoms with Crippen molar-refractivity contribution in [1.82, 2.24) is 15.1 Å². The van der Waals surface area contributed by atoms with Crippen molar-refractivity contribution in [1.29, 1.82) is 0 Å². The molecule has 6 heteroatoms. The van der Waals surface area contributed by atoms with Crippen LogP contribution in [0, 0.1) is 13.8 Å². The van der Waals surface area contributed by atoms with Gasteiger partial charge in [-0.25, -0.2) is 4.68 Å². The van der Waals surface area contributed by atoms with Gasteiger partial charge in [-0.3, -0.25) is 0 Å². The molecule has 0 radical (unpaired) electrons. The fraction of sp³-hybridized carbons (Fsp3) is 0.526. The van der Waals surface area contributed by atoms with Crippen molar-refractivity contribution >= 4 is 11.6 Å². The lowest BCUT2D eigenvalue weighted by atomic mass is 9.94.